The molecule has 0 N–H and O–H groups in total. The lowest BCUT2D eigenvalue weighted by Crippen LogP contribution is -2.24. The zero-order chi connectivity index (χ0) is 10.4. The lowest BCUT2D eigenvalue weighted by molar-refractivity contribution is -0.196. The van der Waals surface area contributed by atoms with Gasteiger partial charge in [-0.3, -0.25) is 4.98 Å². The molecule has 1 aromatic heterocycles. The van der Waals surface area contributed by atoms with Crippen LogP contribution in [0.25, 0.3) is 0 Å². The molecule has 76 valence electrons. The smallest absolute Gasteiger partial charge is 0.230 e. The maximum absolute atomic E-state index is 5.11. The molecule has 1 rings (SSSR count). The van der Waals surface area contributed by atoms with Crippen molar-refractivity contribution in [3.8, 4) is 0 Å². The summed E-state index contributed by atoms with van der Waals surface area (Å²) in [7, 11) is 1.57. The molecule has 14 heavy (non-hydrogen) atoms. The first-order valence-electron chi connectivity index (χ1n) is 4.31. The van der Waals surface area contributed by atoms with Crippen LogP contribution in [-0.2, 0) is 9.57 Å². The van der Waals surface area contributed by atoms with E-state index in [0.717, 1.165) is 5.56 Å². The summed E-state index contributed by atoms with van der Waals surface area (Å²) >= 11 is 0. The molecule has 4 heteroatoms. The van der Waals surface area contributed by atoms with Crippen molar-refractivity contribution in [1.29, 1.82) is 0 Å². The molecule has 0 radical (unpaired) electrons. The standard InChI is InChI=1S/C10H14N2O2/c1-10(2,13-3)14-12-8-9-4-6-11-7-5-9/h4-8H,1-3H3/b12-8+. The molecule has 0 aliphatic heterocycles. The zero-order valence-corrected chi connectivity index (χ0v) is 8.60. The van der Waals surface area contributed by atoms with Crippen LogP contribution in [0.2, 0.25) is 0 Å². The number of pyridine rings is 1. The minimum atomic E-state index is -0.691. The van der Waals surface area contributed by atoms with Gasteiger partial charge in [0.2, 0.25) is 5.79 Å². The molecule has 0 amide bonds. The Labute approximate surface area is 83.6 Å². The molecule has 1 heterocycles. The summed E-state index contributed by atoms with van der Waals surface area (Å²) < 4.78 is 5.03. The van der Waals surface area contributed by atoms with E-state index < -0.39 is 5.79 Å². The van der Waals surface area contributed by atoms with Crippen molar-refractivity contribution < 1.29 is 9.57 Å². The van der Waals surface area contributed by atoms with Crippen LogP contribution in [-0.4, -0.2) is 24.1 Å². The van der Waals surface area contributed by atoms with Crippen molar-refractivity contribution in [2.75, 3.05) is 7.11 Å². The summed E-state index contributed by atoms with van der Waals surface area (Å²) in [5.74, 6) is -0.691. The summed E-state index contributed by atoms with van der Waals surface area (Å²) in [6.45, 7) is 3.58. The molecule has 1 aromatic rings. The Balaban J connectivity index is 2.50. The Kier molecular flexibility index (Phi) is 3.59. The van der Waals surface area contributed by atoms with Crippen molar-refractivity contribution in [2.24, 2.45) is 5.16 Å². The van der Waals surface area contributed by atoms with Crippen LogP contribution >= 0.6 is 0 Å². The first-order chi connectivity index (χ1) is 6.64. The minimum absolute atomic E-state index is 0.691. The number of oxime groups is 1. The lowest BCUT2D eigenvalue weighted by atomic mass is 10.3. The molecular weight excluding hydrogens is 180 g/mol. The number of nitrogens with zero attached hydrogens (tertiary/aromatic N) is 2. The molecule has 0 spiro atoms. The van der Waals surface area contributed by atoms with Gasteiger partial charge < -0.3 is 9.57 Å². The fourth-order valence-electron chi connectivity index (χ4n) is 0.701. The van der Waals surface area contributed by atoms with Crippen molar-refractivity contribution in [3.05, 3.63) is 30.1 Å². The van der Waals surface area contributed by atoms with Gasteiger partial charge in [0.15, 0.2) is 0 Å². The number of hydrogen-bond acceptors (Lipinski definition) is 4. The highest BCUT2D eigenvalue weighted by Crippen LogP contribution is 2.09. The summed E-state index contributed by atoms with van der Waals surface area (Å²) in [5.41, 5.74) is 0.937. The Morgan fingerprint density at radius 2 is 2.00 bits per heavy atom. The highest BCUT2D eigenvalue weighted by Gasteiger charge is 2.16. The highest BCUT2D eigenvalue weighted by molar-refractivity contribution is 5.78. The Morgan fingerprint density at radius 1 is 1.36 bits per heavy atom. The van der Waals surface area contributed by atoms with E-state index in [0.29, 0.717) is 0 Å². The maximum atomic E-state index is 5.11. The molecule has 4 nitrogen and oxygen atoms in total. The highest BCUT2D eigenvalue weighted by atomic mass is 16.8. The molecule has 0 aromatic carbocycles. The molecule has 0 aliphatic carbocycles. The summed E-state index contributed by atoms with van der Waals surface area (Å²) in [6, 6.07) is 3.68. The van der Waals surface area contributed by atoms with E-state index in [4.69, 9.17) is 9.57 Å². The van der Waals surface area contributed by atoms with E-state index in [1.54, 1.807) is 39.6 Å². The topological polar surface area (TPSA) is 43.7 Å². The molecule has 0 saturated heterocycles. The van der Waals surface area contributed by atoms with E-state index in [2.05, 4.69) is 10.1 Å². The monoisotopic (exact) mass is 194 g/mol. The predicted octanol–water partition coefficient (Wildman–Crippen LogP) is 1.81. The predicted molar refractivity (Wildman–Crippen MR) is 54.0 cm³/mol. The fraction of sp³-hybridized carbons (Fsp3) is 0.400. The molecule has 0 saturated carbocycles. The van der Waals surface area contributed by atoms with Crippen LogP contribution in [0.4, 0.5) is 0 Å². The third-order valence-electron chi connectivity index (χ3n) is 1.67. The van der Waals surface area contributed by atoms with Gasteiger partial charge in [0.1, 0.15) is 0 Å². The van der Waals surface area contributed by atoms with E-state index in [-0.39, 0.29) is 0 Å². The summed E-state index contributed by atoms with van der Waals surface area (Å²) in [6.07, 6.45) is 5.01. The van der Waals surface area contributed by atoms with Gasteiger partial charge in [-0.05, 0) is 17.7 Å². The fourth-order valence-corrected chi connectivity index (χ4v) is 0.701. The molecule has 0 unspecified atom stereocenters. The normalized spacial score (nSPS) is 11.9. The van der Waals surface area contributed by atoms with Gasteiger partial charge in [-0.25, -0.2) is 0 Å². The Bertz CT molecular complexity index is 296. The van der Waals surface area contributed by atoms with Crippen LogP contribution in [0.3, 0.4) is 0 Å². The van der Waals surface area contributed by atoms with Crippen molar-refractivity contribution in [2.45, 2.75) is 19.6 Å². The summed E-state index contributed by atoms with van der Waals surface area (Å²) in [4.78, 5) is 9.00. The van der Waals surface area contributed by atoms with Gasteiger partial charge in [0.25, 0.3) is 0 Å². The van der Waals surface area contributed by atoms with E-state index in [1.807, 2.05) is 12.1 Å². The van der Waals surface area contributed by atoms with Gasteiger partial charge in [-0.1, -0.05) is 5.16 Å². The van der Waals surface area contributed by atoms with Crippen LogP contribution in [0.1, 0.15) is 19.4 Å². The van der Waals surface area contributed by atoms with E-state index in [1.165, 1.54) is 0 Å². The SMILES string of the molecule is COC(C)(C)O/N=C/c1ccncc1. The second-order valence-corrected chi connectivity index (χ2v) is 3.21. The first-order valence-corrected chi connectivity index (χ1v) is 4.31. The van der Waals surface area contributed by atoms with Gasteiger partial charge in [-0.15, -0.1) is 0 Å². The Hall–Kier alpha value is -1.42. The number of ether oxygens (including phenoxy) is 1. The molecule has 0 atom stereocenters. The van der Waals surface area contributed by atoms with Crippen LogP contribution in [0, 0.1) is 0 Å². The third kappa shape index (κ3) is 3.53. The van der Waals surface area contributed by atoms with E-state index in [9.17, 15) is 0 Å². The van der Waals surface area contributed by atoms with Crippen molar-refractivity contribution in [3.63, 3.8) is 0 Å². The van der Waals surface area contributed by atoms with Gasteiger partial charge >= 0.3 is 0 Å². The van der Waals surface area contributed by atoms with Crippen LogP contribution in [0.5, 0.6) is 0 Å². The molecule has 0 aliphatic rings. The van der Waals surface area contributed by atoms with Gasteiger partial charge in [0, 0.05) is 33.4 Å². The minimum Gasteiger partial charge on any atom is -0.361 e. The Morgan fingerprint density at radius 3 is 2.57 bits per heavy atom. The van der Waals surface area contributed by atoms with Gasteiger partial charge in [-0.2, -0.15) is 0 Å². The van der Waals surface area contributed by atoms with Gasteiger partial charge in [0.05, 0.1) is 6.21 Å². The third-order valence-corrected chi connectivity index (χ3v) is 1.67. The molecular formula is C10H14N2O2. The summed E-state index contributed by atoms with van der Waals surface area (Å²) in [5, 5.41) is 3.81. The molecule has 0 bridgehead atoms. The second kappa shape index (κ2) is 4.72. The van der Waals surface area contributed by atoms with Crippen molar-refractivity contribution in [1.82, 2.24) is 4.98 Å². The van der Waals surface area contributed by atoms with Crippen molar-refractivity contribution >= 4 is 6.21 Å². The first kappa shape index (κ1) is 10.7. The average molecular weight is 194 g/mol. The number of methoxy groups -OCH3 is 1. The second-order valence-electron chi connectivity index (χ2n) is 3.21. The lowest BCUT2D eigenvalue weighted by Gasteiger charge is -2.19. The zero-order valence-electron chi connectivity index (χ0n) is 8.60. The number of aromatic nitrogens is 1. The quantitative estimate of drug-likeness (QED) is 0.417. The number of hydrogen-bond donors (Lipinski definition) is 0. The van der Waals surface area contributed by atoms with Crippen LogP contribution < -0.4 is 0 Å². The number of rotatable bonds is 4. The molecule has 0 fully saturated rings. The van der Waals surface area contributed by atoms with E-state index >= 15 is 0 Å². The maximum Gasteiger partial charge on any atom is 0.230 e. The largest absolute Gasteiger partial charge is 0.361 e. The average Bonchev–Trinajstić information content (AvgIpc) is 2.19. The van der Waals surface area contributed by atoms with Crippen LogP contribution in [0.15, 0.2) is 29.7 Å².